The number of hydrogen-bond donors (Lipinski definition) is 1. The van der Waals surface area contributed by atoms with Crippen molar-refractivity contribution in [3.8, 4) is 0 Å². The van der Waals surface area contributed by atoms with Crippen molar-refractivity contribution in [1.82, 2.24) is 15.0 Å². The molecule has 0 aliphatic carbocycles. The van der Waals surface area contributed by atoms with Crippen LogP contribution in [0.25, 0.3) is 0 Å². The summed E-state index contributed by atoms with van der Waals surface area (Å²) in [5.41, 5.74) is 5.68. The van der Waals surface area contributed by atoms with Crippen LogP contribution in [-0.4, -0.2) is 35.7 Å². The fourth-order valence-electron chi connectivity index (χ4n) is 1.74. The molecular formula is C11H22N4O. The molecule has 0 aliphatic heterocycles. The van der Waals surface area contributed by atoms with Gasteiger partial charge in [0.25, 0.3) is 0 Å². The highest BCUT2D eigenvalue weighted by Crippen LogP contribution is 2.29. The lowest BCUT2D eigenvalue weighted by Crippen LogP contribution is -2.34. The van der Waals surface area contributed by atoms with Crippen LogP contribution in [0.1, 0.15) is 38.4 Å². The maximum absolute atomic E-state index is 5.83. The second-order valence-electron chi connectivity index (χ2n) is 4.45. The van der Waals surface area contributed by atoms with Crippen molar-refractivity contribution < 1.29 is 4.52 Å². The van der Waals surface area contributed by atoms with Gasteiger partial charge >= 0.3 is 0 Å². The highest BCUT2D eigenvalue weighted by atomic mass is 16.5. The van der Waals surface area contributed by atoms with E-state index in [0.29, 0.717) is 19.0 Å². The molecule has 0 fully saturated rings. The van der Waals surface area contributed by atoms with E-state index in [1.54, 1.807) is 0 Å². The van der Waals surface area contributed by atoms with E-state index in [4.69, 9.17) is 10.3 Å². The van der Waals surface area contributed by atoms with Crippen LogP contribution in [0.4, 0.5) is 0 Å². The maximum Gasteiger partial charge on any atom is 0.234 e. The van der Waals surface area contributed by atoms with Gasteiger partial charge in [0.1, 0.15) is 0 Å². The zero-order valence-electron chi connectivity index (χ0n) is 10.7. The molecule has 0 amide bonds. The molecule has 0 saturated carbocycles. The Balaban J connectivity index is 2.90. The van der Waals surface area contributed by atoms with Gasteiger partial charge in [0.05, 0.1) is 12.0 Å². The zero-order valence-corrected chi connectivity index (χ0v) is 10.7. The average Bonchev–Trinajstić information content (AvgIpc) is 2.70. The molecule has 5 nitrogen and oxygen atoms in total. The zero-order chi connectivity index (χ0) is 12.2. The topological polar surface area (TPSA) is 68.2 Å². The molecule has 2 N–H and O–H groups in total. The van der Waals surface area contributed by atoms with E-state index in [2.05, 4.69) is 24.0 Å². The van der Waals surface area contributed by atoms with Crippen LogP contribution in [0.15, 0.2) is 4.52 Å². The van der Waals surface area contributed by atoms with Crippen LogP contribution in [0.2, 0.25) is 0 Å². The van der Waals surface area contributed by atoms with E-state index in [-0.39, 0.29) is 5.41 Å². The smallest absolute Gasteiger partial charge is 0.234 e. The lowest BCUT2D eigenvalue weighted by Gasteiger charge is -2.24. The molecular weight excluding hydrogens is 204 g/mol. The Hall–Kier alpha value is -0.940. The van der Waals surface area contributed by atoms with Gasteiger partial charge in [-0.3, -0.25) is 0 Å². The molecule has 0 aliphatic rings. The van der Waals surface area contributed by atoms with Gasteiger partial charge in [-0.25, -0.2) is 0 Å². The normalized spacial score (nSPS) is 12.4. The quantitative estimate of drug-likeness (QED) is 0.788. The van der Waals surface area contributed by atoms with Crippen molar-refractivity contribution in [2.75, 3.05) is 20.6 Å². The van der Waals surface area contributed by atoms with Gasteiger partial charge in [-0.15, -0.1) is 0 Å². The Morgan fingerprint density at radius 3 is 2.38 bits per heavy atom. The summed E-state index contributed by atoms with van der Waals surface area (Å²) in [5, 5.41) is 3.98. The summed E-state index contributed by atoms with van der Waals surface area (Å²) in [5.74, 6) is 1.40. The molecule has 0 unspecified atom stereocenters. The van der Waals surface area contributed by atoms with Gasteiger partial charge in [0, 0.05) is 6.54 Å². The third kappa shape index (κ3) is 2.59. The molecule has 5 heteroatoms. The second kappa shape index (κ2) is 5.41. The molecule has 0 aromatic carbocycles. The van der Waals surface area contributed by atoms with Gasteiger partial charge in [-0.1, -0.05) is 19.0 Å². The fraction of sp³-hybridized carbons (Fsp3) is 0.818. The molecule has 1 aromatic rings. The second-order valence-corrected chi connectivity index (χ2v) is 4.45. The molecule has 16 heavy (non-hydrogen) atoms. The van der Waals surface area contributed by atoms with E-state index in [1.165, 1.54) is 0 Å². The number of aromatic nitrogens is 2. The Kier molecular flexibility index (Phi) is 4.44. The highest BCUT2D eigenvalue weighted by molar-refractivity contribution is 5.05. The number of hydrogen-bond acceptors (Lipinski definition) is 5. The monoisotopic (exact) mass is 226 g/mol. The summed E-state index contributed by atoms with van der Waals surface area (Å²) in [6.07, 6.45) is 1.84. The molecule has 0 atom stereocenters. The van der Waals surface area contributed by atoms with Crippen molar-refractivity contribution in [3.63, 3.8) is 0 Å². The van der Waals surface area contributed by atoms with E-state index in [9.17, 15) is 0 Å². The first-order chi connectivity index (χ1) is 7.57. The largest absolute Gasteiger partial charge is 0.339 e. The summed E-state index contributed by atoms with van der Waals surface area (Å²) >= 11 is 0. The van der Waals surface area contributed by atoms with Crippen molar-refractivity contribution in [3.05, 3.63) is 11.7 Å². The molecule has 0 radical (unpaired) electrons. The highest BCUT2D eigenvalue weighted by Gasteiger charge is 2.33. The van der Waals surface area contributed by atoms with Crippen LogP contribution in [0, 0.1) is 0 Å². The summed E-state index contributed by atoms with van der Waals surface area (Å²) in [7, 11) is 3.96. The predicted molar refractivity (Wildman–Crippen MR) is 63.0 cm³/mol. The number of rotatable bonds is 6. The van der Waals surface area contributed by atoms with E-state index in [0.717, 1.165) is 18.7 Å². The van der Waals surface area contributed by atoms with Gasteiger partial charge in [-0.2, -0.15) is 4.98 Å². The third-order valence-corrected chi connectivity index (χ3v) is 3.12. The van der Waals surface area contributed by atoms with Gasteiger partial charge in [0.15, 0.2) is 5.82 Å². The minimum absolute atomic E-state index is 0.155. The van der Waals surface area contributed by atoms with E-state index < -0.39 is 0 Å². The fourth-order valence-corrected chi connectivity index (χ4v) is 1.74. The summed E-state index contributed by atoms with van der Waals surface area (Å²) < 4.78 is 5.34. The maximum atomic E-state index is 5.83. The summed E-state index contributed by atoms with van der Waals surface area (Å²) in [6, 6.07) is 0. The lowest BCUT2D eigenvalue weighted by atomic mass is 9.82. The number of nitrogens with zero attached hydrogens (tertiary/aromatic N) is 3. The molecule has 1 rings (SSSR count). The third-order valence-electron chi connectivity index (χ3n) is 3.12. The van der Waals surface area contributed by atoms with Crippen LogP contribution >= 0.6 is 0 Å². The van der Waals surface area contributed by atoms with Gasteiger partial charge in [-0.05, 0) is 26.9 Å². The molecule has 0 bridgehead atoms. The molecule has 0 saturated heterocycles. The van der Waals surface area contributed by atoms with Crippen molar-refractivity contribution in [2.24, 2.45) is 5.73 Å². The van der Waals surface area contributed by atoms with E-state index >= 15 is 0 Å². The van der Waals surface area contributed by atoms with Crippen molar-refractivity contribution in [2.45, 2.75) is 38.6 Å². The first-order valence-corrected chi connectivity index (χ1v) is 5.75. The van der Waals surface area contributed by atoms with Crippen molar-refractivity contribution in [1.29, 1.82) is 0 Å². The molecule has 1 heterocycles. The standard InChI is InChI=1S/C11H22N4O/c1-5-11(6-2,8-12)10-13-9(14-16-10)7-15(3)4/h5-8,12H2,1-4H3. The minimum Gasteiger partial charge on any atom is -0.339 e. The molecule has 92 valence electrons. The molecule has 1 aromatic heterocycles. The predicted octanol–water partition coefficient (Wildman–Crippen LogP) is 1.15. The van der Waals surface area contributed by atoms with Crippen LogP contribution < -0.4 is 5.73 Å². The van der Waals surface area contributed by atoms with Crippen LogP contribution in [0.5, 0.6) is 0 Å². The average molecular weight is 226 g/mol. The Morgan fingerprint density at radius 1 is 1.31 bits per heavy atom. The van der Waals surface area contributed by atoms with Gasteiger partial charge in [0.2, 0.25) is 5.89 Å². The van der Waals surface area contributed by atoms with Gasteiger partial charge < -0.3 is 15.2 Å². The van der Waals surface area contributed by atoms with Crippen LogP contribution in [0.3, 0.4) is 0 Å². The number of nitrogens with two attached hydrogens (primary N) is 1. The minimum atomic E-state index is -0.155. The SMILES string of the molecule is CCC(CC)(CN)c1nc(CN(C)C)no1. The first-order valence-electron chi connectivity index (χ1n) is 5.75. The Bertz CT molecular complexity index is 309. The van der Waals surface area contributed by atoms with Crippen molar-refractivity contribution >= 4 is 0 Å². The Labute approximate surface area is 97.0 Å². The Morgan fingerprint density at radius 2 is 1.94 bits per heavy atom. The summed E-state index contributed by atoms with van der Waals surface area (Å²) in [6.45, 7) is 5.44. The summed E-state index contributed by atoms with van der Waals surface area (Å²) in [4.78, 5) is 6.45. The first kappa shape index (κ1) is 13.1. The van der Waals surface area contributed by atoms with E-state index in [1.807, 2.05) is 19.0 Å². The molecule has 0 spiro atoms. The van der Waals surface area contributed by atoms with Crippen LogP contribution in [-0.2, 0) is 12.0 Å². The lowest BCUT2D eigenvalue weighted by molar-refractivity contribution is 0.264.